The van der Waals surface area contributed by atoms with Gasteiger partial charge in [-0.25, -0.2) is 13.8 Å². The molecule has 2 aromatic carbocycles. The maximum absolute atomic E-state index is 14.5. The van der Waals surface area contributed by atoms with Crippen molar-refractivity contribution in [2.45, 2.75) is 0 Å². The second-order valence-electron chi connectivity index (χ2n) is 5.15. The second kappa shape index (κ2) is 6.32. The van der Waals surface area contributed by atoms with Gasteiger partial charge in [0, 0.05) is 12.1 Å². The van der Waals surface area contributed by atoms with Gasteiger partial charge in [0.05, 0.1) is 13.3 Å². The highest BCUT2D eigenvalue weighted by Crippen LogP contribution is 2.46. The summed E-state index contributed by atoms with van der Waals surface area (Å²) < 4.78 is 33.6. The zero-order valence-electron chi connectivity index (χ0n) is 12.7. The summed E-state index contributed by atoms with van der Waals surface area (Å²) in [5.41, 5.74) is 0.334. The molecule has 1 N–H and O–H groups in total. The average molecular weight is 352 g/mol. The topological polar surface area (TPSA) is 41.8 Å². The van der Waals surface area contributed by atoms with Crippen LogP contribution >= 0.6 is 11.6 Å². The first-order valence-corrected chi connectivity index (χ1v) is 7.44. The van der Waals surface area contributed by atoms with E-state index in [0.717, 1.165) is 12.1 Å². The van der Waals surface area contributed by atoms with Crippen molar-refractivity contribution in [3.63, 3.8) is 0 Å². The van der Waals surface area contributed by atoms with Crippen molar-refractivity contribution in [1.82, 2.24) is 4.48 Å². The number of rotatable bonds is 4. The van der Waals surface area contributed by atoms with Crippen LogP contribution in [0.1, 0.15) is 0 Å². The van der Waals surface area contributed by atoms with Crippen molar-refractivity contribution in [3.05, 3.63) is 65.0 Å². The highest BCUT2D eigenvalue weighted by Gasteiger charge is 2.45. The molecule has 2 aromatic rings. The van der Waals surface area contributed by atoms with E-state index in [1.54, 1.807) is 12.1 Å². The molecule has 0 aliphatic carbocycles. The number of quaternary nitrogens is 1. The van der Waals surface area contributed by atoms with Crippen molar-refractivity contribution in [3.8, 4) is 5.75 Å². The minimum atomic E-state index is -0.769. The summed E-state index contributed by atoms with van der Waals surface area (Å²) >= 11 is 6.34. The molecule has 0 saturated heterocycles. The van der Waals surface area contributed by atoms with Crippen molar-refractivity contribution in [1.29, 1.82) is 0 Å². The van der Waals surface area contributed by atoms with E-state index in [1.165, 1.54) is 31.8 Å². The van der Waals surface area contributed by atoms with Crippen LogP contribution in [0.15, 0.2) is 53.3 Å². The van der Waals surface area contributed by atoms with E-state index in [-0.39, 0.29) is 16.4 Å². The van der Waals surface area contributed by atoms with Crippen molar-refractivity contribution in [2.24, 2.45) is 4.99 Å². The smallest absolute Gasteiger partial charge is 0.220 e. The Morgan fingerprint density at radius 1 is 1.21 bits per heavy atom. The van der Waals surface area contributed by atoms with Gasteiger partial charge in [0.2, 0.25) is 12.0 Å². The molecule has 0 bridgehead atoms. The third-order valence-electron chi connectivity index (χ3n) is 3.90. The van der Waals surface area contributed by atoms with Crippen LogP contribution in [0.4, 0.5) is 20.2 Å². The predicted molar refractivity (Wildman–Crippen MR) is 89.5 cm³/mol. The first-order valence-electron chi connectivity index (χ1n) is 7.07. The lowest BCUT2D eigenvalue weighted by Crippen LogP contribution is -2.42. The van der Waals surface area contributed by atoms with E-state index in [1.807, 2.05) is 0 Å². The molecule has 1 unspecified atom stereocenters. The molecule has 0 spiro atoms. The molecule has 24 heavy (non-hydrogen) atoms. The number of aliphatic hydroxyl groups is 1. The normalized spacial score (nSPS) is 19.5. The van der Waals surface area contributed by atoms with Crippen LogP contribution in [0.2, 0.25) is 5.02 Å². The Morgan fingerprint density at radius 2 is 1.92 bits per heavy atom. The summed E-state index contributed by atoms with van der Waals surface area (Å²) in [4.78, 5) is 4.01. The van der Waals surface area contributed by atoms with Crippen LogP contribution in [0.25, 0.3) is 0 Å². The largest absolute Gasteiger partial charge is 0.497 e. The summed E-state index contributed by atoms with van der Waals surface area (Å²) in [6.07, 6.45) is 2.70. The van der Waals surface area contributed by atoms with Gasteiger partial charge >= 0.3 is 0 Å². The number of hydrogen-bond donors (Lipinski definition) is 1. The molecule has 1 atom stereocenters. The molecule has 0 saturated carbocycles. The summed E-state index contributed by atoms with van der Waals surface area (Å²) in [5.74, 6) is -1.04. The third-order valence-corrected chi connectivity index (χ3v) is 4.21. The van der Waals surface area contributed by atoms with Crippen LogP contribution in [0, 0.1) is 11.6 Å². The first-order chi connectivity index (χ1) is 11.5. The summed E-state index contributed by atoms with van der Waals surface area (Å²) in [5, 5.41) is 9.95. The van der Waals surface area contributed by atoms with Crippen molar-refractivity contribution < 1.29 is 18.6 Å². The van der Waals surface area contributed by atoms with Crippen LogP contribution in [0.5, 0.6) is 5.75 Å². The number of benzene rings is 2. The number of aliphatic hydroxyl groups excluding tert-OH is 1. The van der Waals surface area contributed by atoms with Gasteiger partial charge in [0.15, 0.2) is 23.0 Å². The summed E-state index contributed by atoms with van der Waals surface area (Å²) in [7, 11) is 1.49. The molecule has 7 heteroatoms. The van der Waals surface area contributed by atoms with E-state index in [2.05, 4.69) is 4.99 Å². The molecule has 124 valence electrons. The zero-order chi connectivity index (χ0) is 17.3. The summed E-state index contributed by atoms with van der Waals surface area (Å²) in [6, 6.07) is 8.33. The predicted octanol–water partition coefficient (Wildman–Crippen LogP) is 4.14. The Bertz CT molecular complexity index is 834. The number of hydrogen-bond acceptors (Lipinski definition) is 3. The first kappa shape index (κ1) is 16.6. The minimum absolute atomic E-state index is 0.227. The van der Waals surface area contributed by atoms with E-state index in [9.17, 15) is 13.9 Å². The number of ether oxygens (including phenoxy) is 1. The van der Waals surface area contributed by atoms with E-state index < -0.39 is 22.7 Å². The van der Waals surface area contributed by atoms with Gasteiger partial charge in [-0.2, -0.15) is 4.48 Å². The molecule has 0 amide bonds. The Labute approximate surface area is 142 Å². The van der Waals surface area contributed by atoms with E-state index in [0.29, 0.717) is 11.4 Å². The summed E-state index contributed by atoms with van der Waals surface area (Å²) in [6.45, 7) is -0.448. The average Bonchev–Trinajstić information content (AvgIpc) is 2.98. The molecule has 1 aliphatic rings. The number of nitrogens with zero attached hydrogens (tertiary/aromatic N) is 2. The molecule has 3 rings (SSSR count). The monoisotopic (exact) mass is 351 g/mol. The number of para-hydroxylation sites is 1. The second-order valence-corrected chi connectivity index (χ2v) is 5.56. The lowest BCUT2D eigenvalue weighted by molar-refractivity contribution is 0.310. The highest BCUT2D eigenvalue weighted by atomic mass is 35.5. The SMILES string of the molecule is COc1ccc([N+]2(c3c(F)cccc3F)C=NC=C2CO)c(Cl)c1. The highest BCUT2D eigenvalue weighted by molar-refractivity contribution is 6.33. The van der Waals surface area contributed by atoms with Crippen LogP contribution < -0.4 is 9.22 Å². The Morgan fingerprint density at radius 3 is 2.50 bits per heavy atom. The maximum Gasteiger partial charge on any atom is 0.220 e. The van der Waals surface area contributed by atoms with Crippen molar-refractivity contribution in [2.75, 3.05) is 13.7 Å². The van der Waals surface area contributed by atoms with E-state index >= 15 is 0 Å². The third kappa shape index (κ3) is 2.39. The Kier molecular flexibility index (Phi) is 4.36. The lowest BCUT2D eigenvalue weighted by Gasteiger charge is -2.32. The van der Waals surface area contributed by atoms with Crippen LogP contribution in [-0.4, -0.2) is 25.2 Å². The molecule has 0 fully saturated rings. The molecule has 0 radical (unpaired) electrons. The fourth-order valence-electron chi connectivity index (χ4n) is 2.80. The van der Waals surface area contributed by atoms with Gasteiger partial charge in [0.1, 0.15) is 17.4 Å². The minimum Gasteiger partial charge on any atom is -0.497 e. The number of aliphatic imine (C=N–C) groups is 1. The van der Waals surface area contributed by atoms with Gasteiger partial charge in [-0.3, -0.25) is 0 Å². The zero-order valence-corrected chi connectivity index (χ0v) is 13.5. The maximum atomic E-state index is 14.5. The van der Waals surface area contributed by atoms with Gasteiger partial charge in [-0.15, -0.1) is 0 Å². The molecule has 4 nitrogen and oxygen atoms in total. The van der Waals surface area contributed by atoms with E-state index in [4.69, 9.17) is 16.3 Å². The molecular formula is C17H14ClF2N2O2+. The van der Waals surface area contributed by atoms with Crippen molar-refractivity contribution >= 4 is 29.3 Å². The standard InChI is InChI=1S/C17H14ClF2N2O2/c1-24-12-5-6-16(13(18)7-12)22(10-21-8-11(22)9-23)17-14(19)3-2-4-15(17)20/h2-8,10,23H,9H2,1H3/q+1. The molecule has 1 heterocycles. The molecular weight excluding hydrogens is 338 g/mol. The van der Waals surface area contributed by atoms with Gasteiger partial charge in [0.25, 0.3) is 0 Å². The van der Waals surface area contributed by atoms with Gasteiger partial charge < -0.3 is 9.84 Å². The molecule has 0 aromatic heterocycles. The van der Waals surface area contributed by atoms with Gasteiger partial charge in [-0.05, 0) is 18.2 Å². The fourth-order valence-corrected chi connectivity index (χ4v) is 3.11. The fraction of sp³-hybridized carbons (Fsp3) is 0.118. The Balaban J connectivity index is 2.34. The number of methoxy groups -OCH3 is 1. The molecule has 1 aliphatic heterocycles. The van der Waals surface area contributed by atoms with Gasteiger partial charge in [-0.1, -0.05) is 17.7 Å². The lowest BCUT2D eigenvalue weighted by atomic mass is 10.1. The quantitative estimate of drug-likeness (QED) is 0.841. The number of halogens is 3. The Hall–Kier alpha value is -2.28. The van der Waals surface area contributed by atoms with Crippen LogP contribution in [-0.2, 0) is 0 Å². The van der Waals surface area contributed by atoms with Crippen LogP contribution in [0.3, 0.4) is 0 Å².